The standard InChI is InChI=1S/C27H33F3O4S/c1-5-26(6-2,23-11-12-24(20(4)18-23)34-35(32,33)27(28,29)30)22-10-9-21(19(3)17-22)13-16-25(31)14-7-8-15-25/h9-13,16-18,31H,5-8,14-15H2,1-4H3. The van der Waals surface area contributed by atoms with Crippen LogP contribution in [0.4, 0.5) is 13.2 Å². The Morgan fingerprint density at radius 3 is 2.00 bits per heavy atom. The summed E-state index contributed by atoms with van der Waals surface area (Å²) in [6.07, 6.45) is 8.95. The van der Waals surface area contributed by atoms with Gasteiger partial charge in [-0.15, -0.1) is 0 Å². The zero-order valence-corrected chi connectivity index (χ0v) is 21.4. The smallest absolute Gasteiger partial charge is 0.386 e. The maximum Gasteiger partial charge on any atom is 0.534 e. The van der Waals surface area contributed by atoms with Crippen molar-refractivity contribution in [3.8, 4) is 5.75 Å². The highest BCUT2D eigenvalue weighted by Crippen LogP contribution is 2.41. The van der Waals surface area contributed by atoms with Gasteiger partial charge in [0.15, 0.2) is 0 Å². The van der Waals surface area contributed by atoms with Crippen molar-refractivity contribution in [1.82, 2.24) is 0 Å². The second-order valence-electron chi connectivity index (χ2n) is 9.47. The Kier molecular flexibility index (Phi) is 7.77. The van der Waals surface area contributed by atoms with E-state index in [4.69, 9.17) is 0 Å². The zero-order chi connectivity index (χ0) is 26.1. The van der Waals surface area contributed by atoms with Gasteiger partial charge < -0.3 is 9.29 Å². The molecule has 0 spiro atoms. The van der Waals surface area contributed by atoms with Gasteiger partial charge in [0, 0.05) is 5.41 Å². The van der Waals surface area contributed by atoms with Crippen molar-refractivity contribution in [2.45, 2.75) is 82.7 Å². The summed E-state index contributed by atoms with van der Waals surface area (Å²) in [5, 5.41) is 10.6. The maximum absolute atomic E-state index is 12.8. The fraction of sp³-hybridized carbons (Fsp3) is 0.481. The van der Waals surface area contributed by atoms with Gasteiger partial charge in [0.1, 0.15) is 5.75 Å². The molecule has 0 radical (unpaired) electrons. The molecule has 1 fully saturated rings. The third-order valence-electron chi connectivity index (χ3n) is 7.28. The molecule has 1 saturated carbocycles. The number of hydrogen-bond donors (Lipinski definition) is 1. The number of halogens is 3. The van der Waals surface area contributed by atoms with E-state index in [9.17, 15) is 26.7 Å². The van der Waals surface area contributed by atoms with E-state index in [0.717, 1.165) is 60.8 Å². The highest BCUT2D eigenvalue weighted by molar-refractivity contribution is 7.88. The van der Waals surface area contributed by atoms with Gasteiger partial charge in [0.05, 0.1) is 5.60 Å². The molecule has 8 heteroatoms. The van der Waals surface area contributed by atoms with Gasteiger partial charge >= 0.3 is 15.6 Å². The lowest BCUT2D eigenvalue weighted by Gasteiger charge is -2.34. The minimum Gasteiger partial charge on any atom is -0.386 e. The predicted molar refractivity (Wildman–Crippen MR) is 132 cm³/mol. The first-order chi connectivity index (χ1) is 16.3. The highest BCUT2D eigenvalue weighted by atomic mass is 32.2. The van der Waals surface area contributed by atoms with E-state index in [1.807, 2.05) is 31.2 Å². The van der Waals surface area contributed by atoms with Crippen LogP contribution in [0.2, 0.25) is 0 Å². The largest absolute Gasteiger partial charge is 0.534 e. The first-order valence-corrected chi connectivity index (χ1v) is 13.3. The molecule has 1 aliphatic rings. The SMILES string of the molecule is CCC(CC)(c1ccc(C=CC2(O)CCCC2)c(C)c1)c1ccc(OS(=O)(=O)C(F)(F)F)c(C)c1. The van der Waals surface area contributed by atoms with E-state index in [1.165, 1.54) is 13.0 Å². The summed E-state index contributed by atoms with van der Waals surface area (Å²) < 4.78 is 65.5. The van der Waals surface area contributed by atoms with Crippen LogP contribution in [0.15, 0.2) is 42.5 Å². The van der Waals surface area contributed by atoms with Crippen LogP contribution in [0.1, 0.15) is 80.2 Å². The van der Waals surface area contributed by atoms with Crippen LogP contribution >= 0.6 is 0 Å². The summed E-state index contributed by atoms with van der Waals surface area (Å²) >= 11 is 0. The van der Waals surface area contributed by atoms with Gasteiger partial charge in [-0.3, -0.25) is 0 Å². The zero-order valence-electron chi connectivity index (χ0n) is 20.6. The van der Waals surface area contributed by atoms with Gasteiger partial charge in [-0.25, -0.2) is 0 Å². The molecule has 0 heterocycles. The molecule has 4 nitrogen and oxygen atoms in total. The quantitative estimate of drug-likeness (QED) is 0.308. The Hall–Kier alpha value is -2.32. The first kappa shape index (κ1) is 27.3. The Labute approximate surface area is 206 Å². The minimum atomic E-state index is -5.74. The average Bonchev–Trinajstić information content (AvgIpc) is 3.22. The molecule has 0 saturated heterocycles. The van der Waals surface area contributed by atoms with Gasteiger partial charge in [-0.2, -0.15) is 21.6 Å². The Bertz CT molecular complexity index is 1190. The first-order valence-electron chi connectivity index (χ1n) is 11.9. The highest BCUT2D eigenvalue weighted by Gasteiger charge is 2.48. The monoisotopic (exact) mass is 510 g/mol. The van der Waals surface area contributed by atoms with E-state index >= 15 is 0 Å². The van der Waals surface area contributed by atoms with Crippen LogP contribution in [-0.2, 0) is 15.5 Å². The number of rotatable bonds is 8. The molecule has 0 amide bonds. The molecule has 0 bridgehead atoms. The van der Waals surface area contributed by atoms with Crippen LogP contribution in [0, 0.1) is 13.8 Å². The van der Waals surface area contributed by atoms with Crippen molar-refractivity contribution in [1.29, 1.82) is 0 Å². The van der Waals surface area contributed by atoms with Crippen molar-refractivity contribution >= 4 is 16.2 Å². The molecule has 3 rings (SSSR count). The van der Waals surface area contributed by atoms with Gasteiger partial charge in [0.2, 0.25) is 0 Å². The van der Waals surface area contributed by atoms with E-state index in [-0.39, 0.29) is 5.75 Å². The lowest BCUT2D eigenvalue weighted by molar-refractivity contribution is -0.0500. The summed E-state index contributed by atoms with van der Waals surface area (Å²) in [6.45, 7) is 7.65. The lowest BCUT2D eigenvalue weighted by Crippen LogP contribution is -2.29. The van der Waals surface area contributed by atoms with Crippen LogP contribution < -0.4 is 4.18 Å². The van der Waals surface area contributed by atoms with Crippen LogP contribution in [0.25, 0.3) is 6.08 Å². The summed E-state index contributed by atoms with van der Waals surface area (Å²) in [6, 6.07) is 10.8. The molecule has 2 aromatic rings. The van der Waals surface area contributed by atoms with E-state index < -0.39 is 26.6 Å². The lowest BCUT2D eigenvalue weighted by atomic mass is 9.70. The number of aryl methyl sites for hydroxylation is 2. The summed E-state index contributed by atoms with van der Waals surface area (Å²) in [4.78, 5) is 0. The molecule has 1 N–H and O–H groups in total. The molecule has 192 valence electrons. The molecule has 0 atom stereocenters. The Balaban J connectivity index is 1.95. The number of benzene rings is 2. The summed E-state index contributed by atoms with van der Waals surface area (Å²) in [5.74, 6) is -0.339. The van der Waals surface area contributed by atoms with Crippen molar-refractivity contribution < 1.29 is 30.9 Å². The molecule has 1 aliphatic carbocycles. The number of aliphatic hydroxyl groups is 1. The molecule has 0 unspecified atom stereocenters. The van der Waals surface area contributed by atoms with E-state index in [2.05, 4.69) is 24.1 Å². The second kappa shape index (κ2) is 9.97. The number of alkyl halides is 3. The van der Waals surface area contributed by atoms with E-state index in [1.54, 1.807) is 12.1 Å². The van der Waals surface area contributed by atoms with Gasteiger partial charge in [-0.1, -0.05) is 69.2 Å². The summed E-state index contributed by atoms with van der Waals surface area (Å²) in [7, 11) is -5.74. The Morgan fingerprint density at radius 2 is 1.51 bits per heavy atom. The normalized spacial score (nSPS) is 16.7. The molecule has 35 heavy (non-hydrogen) atoms. The molecule has 0 aliphatic heterocycles. The van der Waals surface area contributed by atoms with Crippen molar-refractivity contribution in [2.24, 2.45) is 0 Å². The van der Waals surface area contributed by atoms with Gasteiger partial charge in [0.25, 0.3) is 0 Å². The van der Waals surface area contributed by atoms with Crippen LogP contribution in [0.3, 0.4) is 0 Å². The van der Waals surface area contributed by atoms with Gasteiger partial charge in [-0.05, 0) is 73.4 Å². The maximum atomic E-state index is 12.8. The predicted octanol–water partition coefficient (Wildman–Crippen LogP) is 6.96. The third kappa shape index (κ3) is 5.59. The Morgan fingerprint density at radius 1 is 0.971 bits per heavy atom. The van der Waals surface area contributed by atoms with Crippen molar-refractivity contribution in [3.05, 3.63) is 70.3 Å². The van der Waals surface area contributed by atoms with Crippen molar-refractivity contribution in [3.63, 3.8) is 0 Å². The topological polar surface area (TPSA) is 63.6 Å². The fourth-order valence-corrected chi connectivity index (χ4v) is 5.52. The van der Waals surface area contributed by atoms with Crippen LogP contribution in [0.5, 0.6) is 5.75 Å². The minimum absolute atomic E-state index is 0.308. The van der Waals surface area contributed by atoms with E-state index in [0.29, 0.717) is 5.56 Å². The van der Waals surface area contributed by atoms with Crippen LogP contribution in [-0.4, -0.2) is 24.6 Å². The molecular weight excluding hydrogens is 477 g/mol. The number of hydrogen-bond acceptors (Lipinski definition) is 4. The average molecular weight is 511 g/mol. The molecular formula is C27H33F3O4S. The molecule has 2 aromatic carbocycles. The summed E-state index contributed by atoms with van der Waals surface area (Å²) in [5.41, 5.74) is -2.32. The third-order valence-corrected chi connectivity index (χ3v) is 8.25. The van der Waals surface area contributed by atoms with Crippen molar-refractivity contribution in [2.75, 3.05) is 0 Å². The molecule has 0 aromatic heterocycles. The second-order valence-corrected chi connectivity index (χ2v) is 11.0. The fourth-order valence-electron chi connectivity index (χ4n) is 5.00.